The van der Waals surface area contributed by atoms with Crippen LogP contribution in [0.1, 0.15) is 22.8 Å². The van der Waals surface area contributed by atoms with Crippen LogP contribution in [-0.2, 0) is 4.79 Å². The Hall–Kier alpha value is -4.35. The van der Waals surface area contributed by atoms with Crippen molar-refractivity contribution in [3.63, 3.8) is 0 Å². The second-order valence-corrected chi connectivity index (χ2v) is 7.66. The summed E-state index contributed by atoms with van der Waals surface area (Å²) in [5.74, 6) is -0.487. The summed E-state index contributed by atoms with van der Waals surface area (Å²) in [5, 5.41) is 25.6. The van der Waals surface area contributed by atoms with Crippen molar-refractivity contribution in [3.05, 3.63) is 64.0 Å². The first kappa shape index (κ1) is 21.9. The summed E-state index contributed by atoms with van der Waals surface area (Å²) in [7, 11) is 0. The highest BCUT2D eigenvalue weighted by Crippen LogP contribution is 2.31. The predicted molar refractivity (Wildman–Crippen MR) is 119 cm³/mol. The van der Waals surface area contributed by atoms with E-state index >= 15 is 0 Å². The number of aryl methyl sites for hydroxylation is 1. The number of anilines is 2. The van der Waals surface area contributed by atoms with Gasteiger partial charge in [-0.2, -0.15) is 0 Å². The smallest absolute Gasteiger partial charge is 0.293 e. The summed E-state index contributed by atoms with van der Waals surface area (Å²) in [6, 6.07) is 9.78. The van der Waals surface area contributed by atoms with Crippen molar-refractivity contribution in [1.82, 2.24) is 25.1 Å². The molecule has 1 aliphatic heterocycles. The molecule has 1 aromatic heterocycles. The van der Waals surface area contributed by atoms with Crippen LogP contribution in [-0.4, -0.2) is 68.0 Å². The van der Waals surface area contributed by atoms with Gasteiger partial charge in [-0.25, -0.2) is 4.68 Å². The molecule has 12 heteroatoms. The van der Waals surface area contributed by atoms with Crippen molar-refractivity contribution < 1.29 is 14.5 Å². The van der Waals surface area contributed by atoms with Gasteiger partial charge in [0.2, 0.25) is 5.91 Å². The number of piperazine rings is 1. The van der Waals surface area contributed by atoms with Crippen molar-refractivity contribution in [2.24, 2.45) is 0 Å². The van der Waals surface area contributed by atoms with Gasteiger partial charge in [0.05, 0.1) is 10.6 Å². The second-order valence-electron chi connectivity index (χ2n) is 7.66. The van der Waals surface area contributed by atoms with Crippen LogP contribution >= 0.6 is 0 Å². The maximum atomic E-state index is 12.9. The molecule has 1 saturated heterocycles. The summed E-state index contributed by atoms with van der Waals surface area (Å²) >= 11 is 0. The lowest BCUT2D eigenvalue weighted by atomic mass is 10.1. The van der Waals surface area contributed by atoms with Crippen LogP contribution in [0.4, 0.5) is 17.1 Å². The van der Waals surface area contributed by atoms with Gasteiger partial charge in [0, 0.05) is 50.4 Å². The molecule has 12 nitrogen and oxygen atoms in total. The Morgan fingerprint density at radius 1 is 1.09 bits per heavy atom. The van der Waals surface area contributed by atoms with E-state index < -0.39 is 10.8 Å². The summed E-state index contributed by atoms with van der Waals surface area (Å²) in [4.78, 5) is 39.3. The summed E-state index contributed by atoms with van der Waals surface area (Å²) < 4.78 is 1.46. The fourth-order valence-electron chi connectivity index (χ4n) is 3.70. The van der Waals surface area contributed by atoms with Gasteiger partial charge in [-0.1, -0.05) is 6.07 Å². The monoisotopic (exact) mass is 450 g/mol. The number of amides is 2. The highest BCUT2D eigenvalue weighted by Gasteiger charge is 2.26. The molecule has 0 unspecified atom stereocenters. The Morgan fingerprint density at radius 3 is 2.48 bits per heavy atom. The van der Waals surface area contributed by atoms with Crippen LogP contribution in [0.5, 0.6) is 0 Å². The van der Waals surface area contributed by atoms with Gasteiger partial charge in [-0.3, -0.25) is 19.7 Å². The zero-order valence-electron chi connectivity index (χ0n) is 18.1. The van der Waals surface area contributed by atoms with Crippen LogP contribution < -0.4 is 10.2 Å². The normalized spacial score (nSPS) is 13.6. The van der Waals surface area contributed by atoms with E-state index in [1.807, 2.05) is 24.0 Å². The standard InChI is InChI=1S/C21H22N8O4/c1-14-3-5-17(28-13-22-24-25-28)12-18(14)23-21(31)16-4-6-19(20(11-16)29(32)33)27-9-7-26(8-10-27)15(2)30/h3-6,11-13H,7-10H2,1-2H3,(H,23,31). The molecule has 1 aliphatic rings. The fraction of sp³-hybridized carbons (Fsp3) is 0.286. The van der Waals surface area contributed by atoms with E-state index in [0.29, 0.717) is 43.2 Å². The average Bonchev–Trinajstić information content (AvgIpc) is 3.35. The Bertz CT molecular complexity index is 1200. The first-order valence-electron chi connectivity index (χ1n) is 10.3. The first-order chi connectivity index (χ1) is 15.8. The van der Waals surface area contributed by atoms with Crippen molar-refractivity contribution in [3.8, 4) is 5.69 Å². The number of aromatic nitrogens is 4. The van der Waals surface area contributed by atoms with E-state index in [4.69, 9.17) is 0 Å². The molecule has 2 heterocycles. The van der Waals surface area contributed by atoms with Crippen LogP contribution in [0.3, 0.4) is 0 Å². The summed E-state index contributed by atoms with van der Waals surface area (Å²) in [6.07, 6.45) is 1.44. The third-order valence-electron chi connectivity index (χ3n) is 5.58. The van der Waals surface area contributed by atoms with Crippen molar-refractivity contribution >= 4 is 28.9 Å². The minimum atomic E-state index is -0.493. The van der Waals surface area contributed by atoms with Crippen molar-refractivity contribution in [2.45, 2.75) is 13.8 Å². The van der Waals surface area contributed by atoms with Gasteiger partial charge < -0.3 is 15.1 Å². The average molecular weight is 450 g/mol. The third-order valence-corrected chi connectivity index (χ3v) is 5.58. The molecule has 2 aromatic carbocycles. The number of nitrogens with zero attached hydrogens (tertiary/aromatic N) is 7. The van der Waals surface area contributed by atoms with E-state index in [2.05, 4.69) is 20.8 Å². The van der Waals surface area contributed by atoms with Gasteiger partial charge in [0.25, 0.3) is 11.6 Å². The Kier molecular flexibility index (Phi) is 5.98. The number of rotatable bonds is 5. The number of nitrogens with one attached hydrogen (secondary N) is 1. The predicted octanol–water partition coefficient (Wildman–Crippen LogP) is 1.80. The molecule has 1 N–H and O–H groups in total. The first-order valence-corrected chi connectivity index (χ1v) is 10.3. The molecule has 0 aliphatic carbocycles. The molecule has 170 valence electrons. The van der Waals surface area contributed by atoms with E-state index in [-0.39, 0.29) is 17.2 Å². The Labute approximate surface area is 188 Å². The number of carbonyl (C=O) groups excluding carboxylic acids is 2. The number of nitro groups is 1. The zero-order valence-corrected chi connectivity index (χ0v) is 18.1. The van der Waals surface area contributed by atoms with Gasteiger partial charge in [0.15, 0.2) is 0 Å². The molecule has 1 fully saturated rings. The van der Waals surface area contributed by atoms with Crippen LogP contribution in [0.25, 0.3) is 5.69 Å². The van der Waals surface area contributed by atoms with Gasteiger partial charge in [-0.15, -0.1) is 5.10 Å². The number of tetrazole rings is 1. The maximum absolute atomic E-state index is 12.9. The van der Waals surface area contributed by atoms with E-state index in [0.717, 1.165) is 5.56 Å². The van der Waals surface area contributed by atoms with Gasteiger partial charge in [-0.05, 0) is 47.2 Å². The number of benzene rings is 2. The van der Waals surface area contributed by atoms with Crippen molar-refractivity contribution in [1.29, 1.82) is 0 Å². The molecule has 4 rings (SSSR count). The molecular formula is C21H22N8O4. The highest BCUT2D eigenvalue weighted by atomic mass is 16.6. The number of carbonyl (C=O) groups is 2. The Balaban J connectivity index is 1.56. The van der Waals surface area contributed by atoms with E-state index in [1.54, 1.807) is 23.1 Å². The lowest BCUT2D eigenvalue weighted by Gasteiger charge is -2.35. The number of nitro benzene ring substituents is 1. The largest absolute Gasteiger partial charge is 0.362 e. The fourth-order valence-corrected chi connectivity index (χ4v) is 3.70. The maximum Gasteiger partial charge on any atom is 0.293 e. The van der Waals surface area contributed by atoms with Crippen LogP contribution in [0, 0.1) is 17.0 Å². The minimum absolute atomic E-state index is 0.0179. The van der Waals surface area contributed by atoms with Crippen LogP contribution in [0.15, 0.2) is 42.7 Å². The molecule has 3 aromatic rings. The summed E-state index contributed by atoms with van der Waals surface area (Å²) in [6.45, 7) is 5.29. The quantitative estimate of drug-likeness (QED) is 0.458. The Morgan fingerprint density at radius 2 is 1.85 bits per heavy atom. The molecule has 0 saturated carbocycles. The topological polar surface area (TPSA) is 139 Å². The SMILES string of the molecule is CC(=O)N1CCN(c2ccc(C(=O)Nc3cc(-n4cnnn4)ccc3C)cc2[N+](=O)[O-])CC1. The lowest BCUT2D eigenvalue weighted by molar-refractivity contribution is -0.384. The van der Waals surface area contributed by atoms with Crippen molar-refractivity contribution in [2.75, 3.05) is 36.4 Å². The second kappa shape index (κ2) is 9.02. The zero-order chi connectivity index (χ0) is 23.5. The highest BCUT2D eigenvalue weighted by molar-refractivity contribution is 6.05. The third kappa shape index (κ3) is 4.63. The minimum Gasteiger partial charge on any atom is -0.362 e. The van der Waals surface area contributed by atoms with E-state index in [1.165, 1.54) is 24.0 Å². The van der Waals surface area contributed by atoms with Gasteiger partial charge in [0.1, 0.15) is 12.0 Å². The number of hydrogen-bond acceptors (Lipinski definition) is 8. The molecule has 0 spiro atoms. The summed E-state index contributed by atoms with van der Waals surface area (Å²) in [5.41, 5.74) is 2.45. The molecule has 0 radical (unpaired) electrons. The molecule has 0 bridgehead atoms. The molecule has 0 atom stereocenters. The molecular weight excluding hydrogens is 428 g/mol. The van der Waals surface area contributed by atoms with E-state index in [9.17, 15) is 19.7 Å². The number of hydrogen-bond donors (Lipinski definition) is 1. The molecule has 33 heavy (non-hydrogen) atoms. The van der Waals surface area contributed by atoms with Gasteiger partial charge >= 0.3 is 0 Å². The molecule has 2 amide bonds. The lowest BCUT2D eigenvalue weighted by Crippen LogP contribution is -2.48. The van der Waals surface area contributed by atoms with Crippen LogP contribution in [0.2, 0.25) is 0 Å².